The van der Waals surface area contributed by atoms with Crippen LogP contribution in [0.5, 0.6) is 0 Å². The summed E-state index contributed by atoms with van der Waals surface area (Å²) in [5.41, 5.74) is 0. The minimum atomic E-state index is -0.764. The van der Waals surface area contributed by atoms with E-state index in [-0.39, 0.29) is 0 Å². The van der Waals surface area contributed by atoms with Gasteiger partial charge in [-0.25, -0.2) is 0 Å². The van der Waals surface area contributed by atoms with Gasteiger partial charge in [-0.15, -0.1) is 0 Å². The van der Waals surface area contributed by atoms with Gasteiger partial charge in [-0.2, -0.15) is 0 Å². The predicted octanol–water partition coefficient (Wildman–Crippen LogP) is -0.276. The van der Waals surface area contributed by atoms with Crippen molar-refractivity contribution in [1.82, 2.24) is 9.80 Å². The number of hydrogen-bond donors (Lipinski definition) is 1. The fraction of sp³-hybridized carbons (Fsp3) is 0.900. The maximum atomic E-state index is 10.7. The number of carbonyl (C=O) groups is 1. The highest BCUT2D eigenvalue weighted by molar-refractivity contribution is 5.72. The average Bonchev–Trinajstić information content (AvgIpc) is 2.26. The van der Waals surface area contributed by atoms with Crippen molar-refractivity contribution >= 4 is 5.97 Å². The van der Waals surface area contributed by atoms with E-state index in [1.807, 2.05) is 11.9 Å². The number of rotatable bonds is 5. The van der Waals surface area contributed by atoms with Crippen molar-refractivity contribution in [2.75, 3.05) is 46.4 Å². The second-order valence-corrected chi connectivity index (χ2v) is 3.95. The molecule has 0 aromatic carbocycles. The lowest BCUT2D eigenvalue weighted by molar-refractivity contribution is -0.142. The summed E-state index contributed by atoms with van der Waals surface area (Å²) < 4.78 is 5.24. The molecule has 0 bridgehead atoms. The molecule has 1 heterocycles. The summed E-state index contributed by atoms with van der Waals surface area (Å²) in [5, 5.41) is 8.81. The Labute approximate surface area is 90.6 Å². The molecule has 0 aromatic rings. The van der Waals surface area contributed by atoms with Crippen LogP contribution in [0.4, 0.5) is 0 Å². The number of likely N-dealkylation sites (N-methyl/N-ethyl adjacent to an activating group) is 1. The fourth-order valence-corrected chi connectivity index (χ4v) is 1.51. The van der Waals surface area contributed by atoms with Crippen LogP contribution in [-0.2, 0) is 9.53 Å². The van der Waals surface area contributed by atoms with Gasteiger partial charge in [0, 0.05) is 26.2 Å². The Morgan fingerprint density at radius 3 is 2.67 bits per heavy atom. The Bertz CT molecular complexity index is 205. The van der Waals surface area contributed by atoms with Gasteiger partial charge in [0.1, 0.15) is 6.04 Å². The van der Waals surface area contributed by atoms with Gasteiger partial charge in [-0.1, -0.05) is 0 Å². The molecule has 1 fully saturated rings. The van der Waals surface area contributed by atoms with Crippen LogP contribution in [0.3, 0.4) is 0 Å². The third-order valence-corrected chi connectivity index (χ3v) is 2.89. The quantitative estimate of drug-likeness (QED) is 0.685. The van der Waals surface area contributed by atoms with Crippen LogP contribution in [0.1, 0.15) is 6.92 Å². The van der Waals surface area contributed by atoms with E-state index < -0.39 is 12.0 Å². The number of hydrogen-bond acceptors (Lipinski definition) is 4. The molecule has 0 radical (unpaired) electrons. The molecule has 0 amide bonds. The van der Waals surface area contributed by atoms with Gasteiger partial charge in [-0.05, 0) is 14.0 Å². The highest BCUT2D eigenvalue weighted by atomic mass is 16.5. The minimum absolute atomic E-state index is 0.411. The summed E-state index contributed by atoms with van der Waals surface area (Å²) in [5.74, 6) is -0.764. The number of ether oxygens (including phenoxy) is 1. The highest BCUT2D eigenvalue weighted by Gasteiger charge is 2.17. The van der Waals surface area contributed by atoms with Crippen LogP contribution in [-0.4, -0.2) is 73.4 Å². The zero-order valence-corrected chi connectivity index (χ0v) is 9.48. The maximum absolute atomic E-state index is 10.7. The van der Waals surface area contributed by atoms with Crippen LogP contribution in [0.25, 0.3) is 0 Å². The van der Waals surface area contributed by atoms with Crippen molar-refractivity contribution in [3.8, 4) is 0 Å². The first kappa shape index (κ1) is 12.4. The zero-order valence-electron chi connectivity index (χ0n) is 9.48. The fourth-order valence-electron chi connectivity index (χ4n) is 1.51. The number of carboxylic acid groups (broad SMARTS) is 1. The summed E-state index contributed by atoms with van der Waals surface area (Å²) in [4.78, 5) is 14.9. The SMILES string of the molecule is CC(C(=O)O)N(C)CCN1CCOCC1. The topological polar surface area (TPSA) is 53.0 Å². The first-order valence-electron chi connectivity index (χ1n) is 5.34. The van der Waals surface area contributed by atoms with Gasteiger partial charge in [0.15, 0.2) is 0 Å². The van der Waals surface area contributed by atoms with Crippen molar-refractivity contribution in [2.24, 2.45) is 0 Å². The van der Waals surface area contributed by atoms with Crippen LogP contribution in [0.2, 0.25) is 0 Å². The van der Waals surface area contributed by atoms with E-state index in [1.165, 1.54) is 0 Å². The standard InChI is InChI=1S/C10H20N2O3/c1-9(10(13)14)11(2)3-4-12-5-7-15-8-6-12/h9H,3-8H2,1-2H3,(H,13,14). The Kier molecular flexibility index (Phi) is 5.01. The van der Waals surface area contributed by atoms with E-state index in [9.17, 15) is 4.79 Å². The molecule has 0 aromatic heterocycles. The lowest BCUT2D eigenvalue weighted by Gasteiger charge is -2.29. The van der Waals surface area contributed by atoms with Crippen molar-refractivity contribution < 1.29 is 14.6 Å². The van der Waals surface area contributed by atoms with Crippen molar-refractivity contribution in [3.05, 3.63) is 0 Å². The van der Waals surface area contributed by atoms with Crippen molar-refractivity contribution in [3.63, 3.8) is 0 Å². The first-order chi connectivity index (χ1) is 7.11. The van der Waals surface area contributed by atoms with E-state index in [0.29, 0.717) is 0 Å². The Hall–Kier alpha value is -0.650. The van der Waals surface area contributed by atoms with Gasteiger partial charge >= 0.3 is 5.97 Å². The molecule has 1 unspecified atom stereocenters. The van der Waals surface area contributed by atoms with Gasteiger partial charge in [0.25, 0.3) is 0 Å². The lowest BCUT2D eigenvalue weighted by atomic mass is 10.3. The van der Waals surface area contributed by atoms with Gasteiger partial charge < -0.3 is 9.84 Å². The van der Waals surface area contributed by atoms with Gasteiger partial charge in [0.2, 0.25) is 0 Å². The number of aliphatic carboxylic acids is 1. The van der Waals surface area contributed by atoms with E-state index >= 15 is 0 Å². The van der Waals surface area contributed by atoms with Crippen LogP contribution >= 0.6 is 0 Å². The summed E-state index contributed by atoms with van der Waals surface area (Å²) in [6.07, 6.45) is 0. The molecule has 0 spiro atoms. The molecular weight excluding hydrogens is 196 g/mol. The normalized spacial score (nSPS) is 20.5. The lowest BCUT2D eigenvalue weighted by Crippen LogP contribution is -2.44. The molecule has 5 heteroatoms. The number of morpholine rings is 1. The third kappa shape index (κ3) is 4.15. The Balaban J connectivity index is 2.20. The molecule has 88 valence electrons. The van der Waals surface area contributed by atoms with Crippen molar-refractivity contribution in [1.29, 1.82) is 0 Å². The molecule has 1 rings (SSSR count). The molecule has 1 atom stereocenters. The summed E-state index contributed by atoms with van der Waals surface area (Å²) in [6.45, 7) is 6.90. The van der Waals surface area contributed by atoms with E-state index in [0.717, 1.165) is 39.4 Å². The van der Waals surface area contributed by atoms with Crippen LogP contribution in [0, 0.1) is 0 Å². The van der Waals surface area contributed by atoms with E-state index in [1.54, 1.807) is 6.92 Å². The maximum Gasteiger partial charge on any atom is 0.320 e. The predicted molar refractivity (Wildman–Crippen MR) is 57.0 cm³/mol. The molecule has 0 aliphatic carbocycles. The van der Waals surface area contributed by atoms with E-state index in [2.05, 4.69) is 4.90 Å². The second kappa shape index (κ2) is 6.05. The highest BCUT2D eigenvalue weighted by Crippen LogP contribution is 1.99. The average molecular weight is 216 g/mol. The van der Waals surface area contributed by atoms with Crippen LogP contribution < -0.4 is 0 Å². The number of carboxylic acids is 1. The Morgan fingerprint density at radius 2 is 2.13 bits per heavy atom. The minimum Gasteiger partial charge on any atom is -0.480 e. The van der Waals surface area contributed by atoms with Crippen LogP contribution in [0.15, 0.2) is 0 Å². The van der Waals surface area contributed by atoms with E-state index in [4.69, 9.17) is 9.84 Å². The first-order valence-corrected chi connectivity index (χ1v) is 5.34. The molecule has 1 aliphatic rings. The smallest absolute Gasteiger partial charge is 0.320 e. The largest absolute Gasteiger partial charge is 0.480 e. The van der Waals surface area contributed by atoms with Gasteiger partial charge in [0.05, 0.1) is 13.2 Å². The molecule has 0 saturated carbocycles. The monoisotopic (exact) mass is 216 g/mol. The molecule has 15 heavy (non-hydrogen) atoms. The molecule has 1 saturated heterocycles. The summed E-state index contributed by atoms with van der Waals surface area (Å²) >= 11 is 0. The molecule has 1 aliphatic heterocycles. The molecule has 5 nitrogen and oxygen atoms in total. The third-order valence-electron chi connectivity index (χ3n) is 2.89. The molecular formula is C10H20N2O3. The molecule has 1 N–H and O–H groups in total. The second-order valence-electron chi connectivity index (χ2n) is 3.95. The Morgan fingerprint density at radius 1 is 1.53 bits per heavy atom. The zero-order chi connectivity index (χ0) is 11.3. The summed E-state index contributed by atoms with van der Waals surface area (Å²) in [6, 6.07) is -0.411. The van der Waals surface area contributed by atoms with Gasteiger partial charge in [-0.3, -0.25) is 14.6 Å². The number of nitrogens with zero attached hydrogens (tertiary/aromatic N) is 2. The van der Waals surface area contributed by atoms with Crippen molar-refractivity contribution in [2.45, 2.75) is 13.0 Å². The summed E-state index contributed by atoms with van der Waals surface area (Å²) in [7, 11) is 1.85.